The second-order valence-corrected chi connectivity index (χ2v) is 8.14. The van der Waals surface area contributed by atoms with E-state index in [0.29, 0.717) is 29.1 Å². The summed E-state index contributed by atoms with van der Waals surface area (Å²) in [5.74, 6) is -2.50. The van der Waals surface area contributed by atoms with Gasteiger partial charge in [-0.05, 0) is 24.6 Å². The molecule has 0 heterocycles. The largest absolute Gasteiger partial charge is 0.508 e. The molecule has 8 nitrogen and oxygen atoms in total. The summed E-state index contributed by atoms with van der Waals surface area (Å²) >= 11 is 0. The van der Waals surface area contributed by atoms with E-state index in [1.807, 2.05) is 0 Å². The Morgan fingerprint density at radius 1 is 0.920 bits per heavy atom. The van der Waals surface area contributed by atoms with E-state index in [1.165, 1.54) is 6.07 Å². The highest BCUT2D eigenvalue weighted by molar-refractivity contribution is 7.57. The zero-order valence-corrected chi connectivity index (χ0v) is 14.6. The highest BCUT2D eigenvalue weighted by atomic mass is 31.1. The molecule has 0 unspecified atom stereocenters. The van der Waals surface area contributed by atoms with Gasteiger partial charge in [0, 0.05) is 24.8 Å². The Bertz CT molecular complexity index is 590. The van der Waals surface area contributed by atoms with Crippen molar-refractivity contribution < 1.29 is 34.9 Å². The number of hydroxylamine groups is 2. The van der Waals surface area contributed by atoms with Gasteiger partial charge in [-0.2, -0.15) is 0 Å². The second-order valence-electron chi connectivity index (χ2n) is 5.46. The van der Waals surface area contributed by atoms with Gasteiger partial charge in [-0.15, -0.1) is 7.92 Å². The molecule has 0 spiro atoms. The molecule has 0 radical (unpaired) electrons. The fraction of sp³-hybridized carbons (Fsp3) is 0.438. The Hall–Kier alpha value is -2.18. The Morgan fingerprint density at radius 2 is 1.44 bits per heavy atom. The number of amides is 1. The van der Waals surface area contributed by atoms with Crippen LogP contribution in [0.15, 0.2) is 24.3 Å². The van der Waals surface area contributed by atoms with Crippen molar-refractivity contribution in [2.24, 2.45) is 0 Å². The van der Waals surface area contributed by atoms with E-state index < -0.39 is 25.8 Å². The van der Waals surface area contributed by atoms with Gasteiger partial charge in [-0.1, -0.05) is 18.2 Å². The number of hydrogen-bond donors (Lipinski definition) is 4. The number of hydrogen-bond acceptors (Lipinski definition) is 5. The maximum atomic E-state index is 12.0. The van der Waals surface area contributed by atoms with Crippen LogP contribution in [0.4, 0.5) is 0 Å². The van der Waals surface area contributed by atoms with Gasteiger partial charge in [0.15, 0.2) is 0 Å². The Morgan fingerprint density at radius 3 is 1.96 bits per heavy atom. The molecular weight excluding hydrogens is 349 g/mol. The lowest BCUT2D eigenvalue weighted by molar-refractivity contribution is -0.167. The minimum absolute atomic E-state index is 0.00492. The first-order valence-electron chi connectivity index (χ1n) is 7.71. The first-order valence-corrected chi connectivity index (χ1v) is 9.61. The number of aromatic hydroxyl groups is 1. The zero-order valence-electron chi connectivity index (χ0n) is 13.7. The van der Waals surface area contributed by atoms with Crippen molar-refractivity contribution in [1.29, 1.82) is 0 Å². The molecule has 0 saturated heterocycles. The Balaban J connectivity index is 2.52. The van der Waals surface area contributed by atoms with Crippen LogP contribution in [0.2, 0.25) is 0 Å². The third kappa shape index (κ3) is 8.47. The van der Waals surface area contributed by atoms with Gasteiger partial charge < -0.3 is 15.3 Å². The number of para-hydroxylation sites is 1. The van der Waals surface area contributed by atoms with E-state index in [4.69, 9.17) is 10.2 Å². The SMILES string of the molecule is O=C(O)CCP(CCC(=O)O)CCC(=O)N(O)Cc1ccccc1O. The molecule has 0 aliphatic heterocycles. The fourth-order valence-corrected chi connectivity index (χ4v) is 4.31. The number of aliphatic carboxylic acids is 2. The number of carboxylic acid groups (broad SMARTS) is 2. The number of phenolic OH excluding ortho intramolecular Hbond substituents is 1. The Kier molecular flexibility index (Phi) is 8.88. The summed E-state index contributed by atoms with van der Waals surface area (Å²) in [5, 5.41) is 37.5. The van der Waals surface area contributed by atoms with Crippen LogP contribution in [-0.2, 0) is 20.9 Å². The lowest BCUT2D eigenvalue weighted by Gasteiger charge is -2.19. The third-order valence-electron chi connectivity index (χ3n) is 3.53. The maximum Gasteiger partial charge on any atom is 0.303 e. The molecule has 0 fully saturated rings. The van der Waals surface area contributed by atoms with E-state index in [2.05, 4.69) is 0 Å². The second kappa shape index (κ2) is 10.6. The van der Waals surface area contributed by atoms with E-state index in [-0.39, 0.29) is 31.6 Å². The van der Waals surface area contributed by atoms with Gasteiger partial charge in [-0.3, -0.25) is 19.6 Å². The third-order valence-corrected chi connectivity index (χ3v) is 6.09. The van der Waals surface area contributed by atoms with Crippen LogP contribution in [0.1, 0.15) is 24.8 Å². The molecule has 1 amide bonds. The average Bonchev–Trinajstić information content (AvgIpc) is 2.55. The lowest BCUT2D eigenvalue weighted by Crippen LogP contribution is -2.27. The van der Waals surface area contributed by atoms with Crippen molar-refractivity contribution in [1.82, 2.24) is 5.06 Å². The molecule has 25 heavy (non-hydrogen) atoms. The van der Waals surface area contributed by atoms with Gasteiger partial charge in [0.05, 0.1) is 6.54 Å². The number of carbonyl (C=O) groups is 3. The average molecular weight is 371 g/mol. The molecule has 138 valence electrons. The molecule has 9 heteroatoms. The molecule has 0 aliphatic carbocycles. The van der Waals surface area contributed by atoms with E-state index >= 15 is 0 Å². The summed E-state index contributed by atoms with van der Waals surface area (Å²) in [5.41, 5.74) is 0.400. The summed E-state index contributed by atoms with van der Waals surface area (Å²) in [6, 6.07) is 6.33. The van der Waals surface area contributed by atoms with Crippen LogP contribution >= 0.6 is 7.92 Å². The Labute approximate surface area is 146 Å². The molecule has 0 atom stereocenters. The number of benzene rings is 1. The first kappa shape index (κ1) is 20.9. The predicted octanol–water partition coefficient (Wildman–Crippen LogP) is 1.93. The van der Waals surface area contributed by atoms with Crippen molar-refractivity contribution in [3.05, 3.63) is 29.8 Å². The minimum atomic E-state index is -0.961. The zero-order chi connectivity index (χ0) is 18.8. The summed E-state index contributed by atoms with van der Waals surface area (Å²) in [6.45, 7) is -0.159. The number of carboxylic acids is 2. The quantitative estimate of drug-likeness (QED) is 0.265. The highest BCUT2D eigenvalue weighted by Crippen LogP contribution is 2.37. The maximum absolute atomic E-state index is 12.0. The van der Waals surface area contributed by atoms with Crippen LogP contribution in [0.5, 0.6) is 5.75 Å². The minimum Gasteiger partial charge on any atom is -0.508 e. The first-order chi connectivity index (χ1) is 11.8. The monoisotopic (exact) mass is 371 g/mol. The smallest absolute Gasteiger partial charge is 0.303 e. The molecule has 1 aromatic rings. The van der Waals surface area contributed by atoms with Crippen LogP contribution in [0, 0.1) is 0 Å². The van der Waals surface area contributed by atoms with Gasteiger partial charge in [-0.25, -0.2) is 5.06 Å². The van der Waals surface area contributed by atoms with Crippen LogP contribution in [0.3, 0.4) is 0 Å². The molecule has 1 rings (SSSR count). The number of nitrogens with zero attached hydrogens (tertiary/aromatic N) is 1. The molecule has 0 saturated carbocycles. The van der Waals surface area contributed by atoms with Crippen molar-refractivity contribution in [3.8, 4) is 5.75 Å². The standard InChI is InChI=1S/C16H22NO7P/c18-13-4-2-1-3-12(13)11-17(24)14(19)5-8-25(9-6-15(20)21)10-7-16(22)23/h1-4,18,24H,5-11H2,(H,20,21)(H,22,23). The lowest BCUT2D eigenvalue weighted by atomic mass is 10.2. The molecule has 0 bridgehead atoms. The fourth-order valence-electron chi connectivity index (χ4n) is 2.12. The van der Waals surface area contributed by atoms with Crippen LogP contribution in [-0.4, -0.2) is 61.9 Å². The normalized spacial score (nSPS) is 10.6. The summed E-state index contributed by atoms with van der Waals surface area (Å²) in [4.78, 5) is 33.4. The van der Waals surface area contributed by atoms with E-state index in [9.17, 15) is 24.7 Å². The summed E-state index contributed by atoms with van der Waals surface area (Å²) in [6.07, 6.45) is 0.897. The molecule has 0 aliphatic rings. The van der Waals surface area contributed by atoms with Crippen LogP contribution in [0.25, 0.3) is 0 Å². The van der Waals surface area contributed by atoms with Crippen molar-refractivity contribution in [2.45, 2.75) is 25.8 Å². The highest BCUT2D eigenvalue weighted by Gasteiger charge is 2.17. The molecular formula is C16H22NO7P. The van der Waals surface area contributed by atoms with Gasteiger partial charge in [0.1, 0.15) is 5.75 Å². The summed E-state index contributed by atoms with van der Waals surface area (Å²) < 4.78 is 0. The van der Waals surface area contributed by atoms with Gasteiger partial charge in [0.2, 0.25) is 5.91 Å². The number of rotatable bonds is 11. The molecule has 4 N–H and O–H groups in total. The van der Waals surface area contributed by atoms with Gasteiger partial charge in [0.25, 0.3) is 0 Å². The van der Waals surface area contributed by atoms with E-state index in [1.54, 1.807) is 18.2 Å². The topological polar surface area (TPSA) is 135 Å². The summed E-state index contributed by atoms with van der Waals surface area (Å²) in [7, 11) is -0.918. The number of carbonyl (C=O) groups excluding carboxylic acids is 1. The van der Waals surface area contributed by atoms with E-state index in [0.717, 1.165) is 0 Å². The molecule has 1 aromatic carbocycles. The van der Waals surface area contributed by atoms with Crippen molar-refractivity contribution in [3.63, 3.8) is 0 Å². The van der Waals surface area contributed by atoms with Crippen molar-refractivity contribution in [2.75, 3.05) is 18.5 Å². The molecule has 0 aromatic heterocycles. The number of phenols is 1. The van der Waals surface area contributed by atoms with Crippen molar-refractivity contribution >= 4 is 25.8 Å². The van der Waals surface area contributed by atoms with Gasteiger partial charge >= 0.3 is 11.9 Å². The van der Waals surface area contributed by atoms with Crippen LogP contribution < -0.4 is 0 Å². The predicted molar refractivity (Wildman–Crippen MR) is 91.1 cm³/mol.